The van der Waals surface area contributed by atoms with Crippen LogP contribution in [0.2, 0.25) is 0 Å². The average Bonchev–Trinajstić information content (AvgIpc) is 2.76. The lowest BCUT2D eigenvalue weighted by Gasteiger charge is -2.08. The lowest BCUT2D eigenvalue weighted by atomic mass is 10.1. The summed E-state index contributed by atoms with van der Waals surface area (Å²) in [6.45, 7) is 6.89. The van der Waals surface area contributed by atoms with Crippen molar-refractivity contribution in [2.45, 2.75) is 33.4 Å². The van der Waals surface area contributed by atoms with Gasteiger partial charge >= 0.3 is 0 Å². The number of hydrogen-bond acceptors (Lipinski definition) is 4. The maximum Gasteiger partial charge on any atom is 0.119 e. The van der Waals surface area contributed by atoms with E-state index in [0.29, 0.717) is 18.8 Å². The van der Waals surface area contributed by atoms with Gasteiger partial charge in [-0.1, -0.05) is 11.3 Å². The SMILES string of the molecule is Cc1cc(C)cc(OCCn2cc(C(C)O)nn2)c1. The molecule has 1 heterocycles. The van der Waals surface area contributed by atoms with Crippen LogP contribution in [0.5, 0.6) is 5.75 Å². The van der Waals surface area contributed by atoms with E-state index in [9.17, 15) is 5.11 Å². The Morgan fingerprint density at radius 3 is 2.53 bits per heavy atom. The molecule has 0 saturated heterocycles. The number of ether oxygens (including phenoxy) is 1. The van der Waals surface area contributed by atoms with Gasteiger partial charge in [0.1, 0.15) is 18.1 Å². The van der Waals surface area contributed by atoms with Crippen molar-refractivity contribution < 1.29 is 9.84 Å². The maximum absolute atomic E-state index is 9.35. The van der Waals surface area contributed by atoms with Gasteiger partial charge in [0.25, 0.3) is 0 Å². The minimum atomic E-state index is -0.589. The van der Waals surface area contributed by atoms with E-state index >= 15 is 0 Å². The highest BCUT2D eigenvalue weighted by Crippen LogP contribution is 2.16. The van der Waals surface area contributed by atoms with Crippen LogP contribution >= 0.6 is 0 Å². The standard InChI is InChI=1S/C14H19N3O2/c1-10-6-11(2)8-13(7-10)19-5-4-17-9-14(12(3)18)15-16-17/h6-9,12,18H,4-5H2,1-3H3. The molecule has 5 nitrogen and oxygen atoms in total. The third-order valence-electron chi connectivity index (χ3n) is 2.77. The average molecular weight is 261 g/mol. The van der Waals surface area contributed by atoms with Crippen LogP contribution in [-0.4, -0.2) is 26.7 Å². The monoisotopic (exact) mass is 261 g/mol. The molecule has 0 aliphatic rings. The number of nitrogens with zero attached hydrogens (tertiary/aromatic N) is 3. The molecule has 1 aromatic heterocycles. The van der Waals surface area contributed by atoms with E-state index in [4.69, 9.17) is 4.74 Å². The number of rotatable bonds is 5. The molecular formula is C14H19N3O2. The zero-order chi connectivity index (χ0) is 13.8. The zero-order valence-corrected chi connectivity index (χ0v) is 11.5. The Bertz CT molecular complexity index is 529. The van der Waals surface area contributed by atoms with E-state index in [2.05, 4.69) is 16.4 Å². The van der Waals surface area contributed by atoms with Crippen LogP contribution in [0.1, 0.15) is 29.8 Å². The summed E-state index contributed by atoms with van der Waals surface area (Å²) in [5.41, 5.74) is 2.95. The van der Waals surface area contributed by atoms with Crippen LogP contribution in [0.3, 0.4) is 0 Å². The smallest absolute Gasteiger partial charge is 0.119 e. The van der Waals surface area contributed by atoms with E-state index in [1.54, 1.807) is 17.8 Å². The molecule has 19 heavy (non-hydrogen) atoms. The molecule has 2 aromatic rings. The van der Waals surface area contributed by atoms with E-state index in [1.165, 1.54) is 11.1 Å². The Morgan fingerprint density at radius 1 is 1.26 bits per heavy atom. The Hall–Kier alpha value is -1.88. The Morgan fingerprint density at radius 2 is 1.95 bits per heavy atom. The van der Waals surface area contributed by atoms with E-state index in [1.807, 2.05) is 26.0 Å². The second kappa shape index (κ2) is 5.84. The van der Waals surface area contributed by atoms with Gasteiger partial charge in [0.15, 0.2) is 0 Å². The highest BCUT2D eigenvalue weighted by Gasteiger charge is 2.06. The van der Waals surface area contributed by atoms with Gasteiger partial charge in [-0.25, -0.2) is 4.68 Å². The van der Waals surface area contributed by atoms with Gasteiger partial charge < -0.3 is 9.84 Å². The van der Waals surface area contributed by atoms with Gasteiger partial charge in [-0.2, -0.15) is 0 Å². The zero-order valence-electron chi connectivity index (χ0n) is 11.5. The molecule has 5 heteroatoms. The van der Waals surface area contributed by atoms with Gasteiger partial charge in [0, 0.05) is 0 Å². The fourth-order valence-corrected chi connectivity index (χ4v) is 1.89. The Balaban J connectivity index is 1.88. The molecular weight excluding hydrogens is 242 g/mol. The summed E-state index contributed by atoms with van der Waals surface area (Å²) in [5, 5.41) is 17.2. The van der Waals surface area contributed by atoms with Crippen LogP contribution in [0, 0.1) is 13.8 Å². The number of aliphatic hydroxyl groups is 1. The predicted molar refractivity (Wildman–Crippen MR) is 72.1 cm³/mol. The van der Waals surface area contributed by atoms with Crippen molar-refractivity contribution in [1.29, 1.82) is 0 Å². The third-order valence-corrected chi connectivity index (χ3v) is 2.77. The summed E-state index contributed by atoms with van der Waals surface area (Å²) in [6, 6.07) is 6.13. The number of aliphatic hydroxyl groups excluding tert-OH is 1. The van der Waals surface area contributed by atoms with Gasteiger partial charge in [-0.3, -0.25) is 0 Å². The van der Waals surface area contributed by atoms with Crippen LogP contribution in [0.4, 0.5) is 0 Å². The molecule has 0 radical (unpaired) electrons. The molecule has 0 spiro atoms. The van der Waals surface area contributed by atoms with Crippen molar-refractivity contribution in [2.24, 2.45) is 0 Å². The Kier molecular flexibility index (Phi) is 4.16. The van der Waals surface area contributed by atoms with Gasteiger partial charge in [0.05, 0.1) is 18.8 Å². The van der Waals surface area contributed by atoms with Crippen LogP contribution in [0.15, 0.2) is 24.4 Å². The molecule has 0 saturated carbocycles. The topological polar surface area (TPSA) is 60.2 Å². The number of aryl methyl sites for hydroxylation is 2. The van der Waals surface area contributed by atoms with Crippen molar-refractivity contribution in [1.82, 2.24) is 15.0 Å². The van der Waals surface area contributed by atoms with Crippen molar-refractivity contribution in [3.8, 4) is 5.75 Å². The van der Waals surface area contributed by atoms with Crippen LogP contribution in [0.25, 0.3) is 0 Å². The lowest BCUT2D eigenvalue weighted by molar-refractivity contribution is 0.194. The summed E-state index contributed by atoms with van der Waals surface area (Å²) in [4.78, 5) is 0. The number of hydrogen-bond donors (Lipinski definition) is 1. The van der Waals surface area contributed by atoms with Crippen molar-refractivity contribution >= 4 is 0 Å². The fourth-order valence-electron chi connectivity index (χ4n) is 1.89. The minimum absolute atomic E-state index is 0.519. The molecule has 0 fully saturated rings. The summed E-state index contributed by atoms with van der Waals surface area (Å²) >= 11 is 0. The second-order valence-corrected chi connectivity index (χ2v) is 4.75. The molecule has 1 atom stereocenters. The van der Waals surface area contributed by atoms with Gasteiger partial charge in [-0.05, 0) is 44.0 Å². The maximum atomic E-state index is 9.35. The van der Waals surface area contributed by atoms with Crippen LogP contribution in [-0.2, 0) is 6.54 Å². The molecule has 2 rings (SSSR count). The highest BCUT2D eigenvalue weighted by atomic mass is 16.5. The molecule has 102 valence electrons. The largest absolute Gasteiger partial charge is 0.492 e. The summed E-state index contributed by atoms with van der Waals surface area (Å²) in [7, 11) is 0. The van der Waals surface area contributed by atoms with Gasteiger partial charge in [0.2, 0.25) is 0 Å². The van der Waals surface area contributed by atoms with Crippen molar-refractivity contribution in [3.63, 3.8) is 0 Å². The van der Waals surface area contributed by atoms with Crippen molar-refractivity contribution in [2.75, 3.05) is 6.61 Å². The predicted octanol–water partition coefficient (Wildman–Crippen LogP) is 2.03. The lowest BCUT2D eigenvalue weighted by Crippen LogP contribution is -2.09. The first kappa shape index (κ1) is 13.5. The van der Waals surface area contributed by atoms with Gasteiger partial charge in [-0.15, -0.1) is 5.10 Å². The highest BCUT2D eigenvalue weighted by molar-refractivity contribution is 5.32. The molecule has 1 N–H and O–H groups in total. The first-order chi connectivity index (χ1) is 9.04. The minimum Gasteiger partial charge on any atom is -0.492 e. The third kappa shape index (κ3) is 3.79. The normalized spacial score (nSPS) is 12.4. The molecule has 0 amide bonds. The first-order valence-corrected chi connectivity index (χ1v) is 6.34. The fraction of sp³-hybridized carbons (Fsp3) is 0.429. The molecule has 1 aromatic carbocycles. The number of benzene rings is 1. The van der Waals surface area contributed by atoms with Crippen molar-refractivity contribution in [3.05, 3.63) is 41.2 Å². The molecule has 0 aliphatic heterocycles. The first-order valence-electron chi connectivity index (χ1n) is 6.34. The molecule has 1 unspecified atom stereocenters. The van der Waals surface area contributed by atoms with E-state index in [-0.39, 0.29) is 0 Å². The molecule has 0 aliphatic carbocycles. The second-order valence-electron chi connectivity index (χ2n) is 4.75. The Labute approximate surface area is 112 Å². The van der Waals surface area contributed by atoms with E-state index < -0.39 is 6.10 Å². The quantitative estimate of drug-likeness (QED) is 0.894. The van der Waals surface area contributed by atoms with E-state index in [0.717, 1.165) is 5.75 Å². The summed E-state index contributed by atoms with van der Waals surface area (Å²) in [6.07, 6.45) is 1.14. The van der Waals surface area contributed by atoms with Crippen LogP contribution < -0.4 is 4.74 Å². The number of aromatic nitrogens is 3. The summed E-state index contributed by atoms with van der Waals surface area (Å²) in [5.74, 6) is 0.869. The molecule has 0 bridgehead atoms. The summed E-state index contributed by atoms with van der Waals surface area (Å²) < 4.78 is 7.36.